The van der Waals surface area contributed by atoms with Gasteiger partial charge in [-0.25, -0.2) is 4.79 Å². The minimum absolute atomic E-state index is 0.119. The van der Waals surface area contributed by atoms with E-state index in [4.69, 9.17) is 0 Å². The summed E-state index contributed by atoms with van der Waals surface area (Å²) in [6.07, 6.45) is 0.270. The van der Waals surface area contributed by atoms with Gasteiger partial charge in [0.25, 0.3) is 5.69 Å². The van der Waals surface area contributed by atoms with Crippen molar-refractivity contribution in [3.63, 3.8) is 0 Å². The third-order valence-electron chi connectivity index (χ3n) is 3.83. The van der Waals surface area contributed by atoms with Gasteiger partial charge < -0.3 is 5.32 Å². The molecule has 8 nitrogen and oxygen atoms in total. The van der Waals surface area contributed by atoms with Crippen LogP contribution in [-0.4, -0.2) is 20.0 Å². The van der Waals surface area contributed by atoms with Crippen molar-refractivity contribution in [1.29, 1.82) is 0 Å². The van der Waals surface area contributed by atoms with Crippen LogP contribution < -0.4 is 11.0 Å². The molecule has 1 amide bonds. The van der Waals surface area contributed by atoms with E-state index in [-0.39, 0.29) is 35.3 Å². The Bertz CT molecular complexity index is 848. The molecule has 0 aliphatic heterocycles. The molecule has 0 spiro atoms. The molecule has 130 valence electrons. The van der Waals surface area contributed by atoms with Crippen LogP contribution in [0.3, 0.4) is 0 Å². The molecule has 24 heavy (non-hydrogen) atoms. The summed E-state index contributed by atoms with van der Waals surface area (Å²) in [6, 6.07) is 2.88. The van der Waals surface area contributed by atoms with Crippen LogP contribution in [-0.2, 0) is 17.9 Å². The molecule has 0 aliphatic rings. The third-order valence-corrected chi connectivity index (χ3v) is 3.83. The van der Waals surface area contributed by atoms with Crippen molar-refractivity contribution >= 4 is 28.3 Å². The highest BCUT2D eigenvalue weighted by Gasteiger charge is 2.22. The number of imidazole rings is 1. The van der Waals surface area contributed by atoms with E-state index in [1.54, 1.807) is 4.57 Å². The van der Waals surface area contributed by atoms with Crippen molar-refractivity contribution in [3.8, 4) is 0 Å². The first-order valence-corrected chi connectivity index (χ1v) is 8.01. The second-order valence-electron chi connectivity index (χ2n) is 6.03. The molecule has 0 atom stereocenters. The first kappa shape index (κ1) is 17.7. The molecule has 8 heteroatoms. The van der Waals surface area contributed by atoms with Crippen LogP contribution in [0.15, 0.2) is 16.9 Å². The average molecular weight is 334 g/mol. The fraction of sp³-hybridized carbons (Fsp3) is 0.500. The lowest BCUT2D eigenvalue weighted by Crippen LogP contribution is -2.23. The van der Waals surface area contributed by atoms with Gasteiger partial charge in [0.15, 0.2) is 0 Å². The monoisotopic (exact) mass is 334 g/mol. The van der Waals surface area contributed by atoms with Crippen LogP contribution in [0, 0.1) is 16.0 Å². The maximum absolute atomic E-state index is 12.4. The van der Waals surface area contributed by atoms with Crippen LogP contribution >= 0.6 is 0 Å². The van der Waals surface area contributed by atoms with Crippen molar-refractivity contribution in [2.24, 2.45) is 5.92 Å². The molecule has 0 radical (unpaired) electrons. The first-order valence-electron chi connectivity index (χ1n) is 8.01. The van der Waals surface area contributed by atoms with Crippen LogP contribution in [0.5, 0.6) is 0 Å². The van der Waals surface area contributed by atoms with E-state index >= 15 is 0 Å². The molecule has 0 saturated carbocycles. The van der Waals surface area contributed by atoms with E-state index in [1.165, 1.54) is 16.7 Å². The number of benzene rings is 1. The second-order valence-corrected chi connectivity index (χ2v) is 6.03. The Kier molecular flexibility index (Phi) is 5.06. The molecule has 1 aromatic heterocycles. The van der Waals surface area contributed by atoms with Crippen LogP contribution in [0.25, 0.3) is 11.0 Å². The van der Waals surface area contributed by atoms with E-state index in [0.717, 1.165) is 0 Å². The van der Waals surface area contributed by atoms with Gasteiger partial charge >= 0.3 is 5.69 Å². The summed E-state index contributed by atoms with van der Waals surface area (Å²) >= 11 is 0. The number of nitro groups is 1. The van der Waals surface area contributed by atoms with Crippen molar-refractivity contribution in [3.05, 3.63) is 32.7 Å². The lowest BCUT2D eigenvalue weighted by Gasteiger charge is -2.09. The van der Waals surface area contributed by atoms with Gasteiger partial charge in [-0.3, -0.25) is 24.0 Å². The van der Waals surface area contributed by atoms with E-state index in [1.807, 2.05) is 27.7 Å². The molecule has 1 aromatic carbocycles. The van der Waals surface area contributed by atoms with Gasteiger partial charge in [-0.1, -0.05) is 13.8 Å². The minimum Gasteiger partial charge on any atom is -0.320 e. The molecule has 1 heterocycles. The number of hydrogen-bond donors (Lipinski definition) is 1. The van der Waals surface area contributed by atoms with Gasteiger partial charge in [0.1, 0.15) is 5.69 Å². The Balaban J connectivity index is 2.66. The molecular weight excluding hydrogens is 312 g/mol. The number of aryl methyl sites for hydroxylation is 2. The molecule has 0 bridgehead atoms. The molecule has 2 aromatic rings. The Morgan fingerprint density at radius 3 is 2.21 bits per heavy atom. The standard InChI is InChI=1S/C16H22N4O4/c1-5-18-13-8-11(17-15(21)7-10(3)4)12(20(23)24)9-14(13)19(6-2)16(18)22/h8-10H,5-7H2,1-4H3,(H,17,21). The van der Waals surface area contributed by atoms with Gasteiger partial charge in [0.05, 0.1) is 16.0 Å². The largest absolute Gasteiger partial charge is 0.329 e. The van der Waals surface area contributed by atoms with Crippen LogP contribution in [0.1, 0.15) is 34.1 Å². The fourth-order valence-corrected chi connectivity index (χ4v) is 2.78. The Hall–Kier alpha value is -2.64. The summed E-state index contributed by atoms with van der Waals surface area (Å²) in [6.45, 7) is 8.29. The number of carbonyl (C=O) groups excluding carboxylic acids is 1. The lowest BCUT2D eigenvalue weighted by molar-refractivity contribution is -0.383. The topological polar surface area (TPSA) is 99.2 Å². The first-order chi connectivity index (χ1) is 11.3. The fourth-order valence-electron chi connectivity index (χ4n) is 2.78. The lowest BCUT2D eigenvalue weighted by atomic mass is 10.1. The average Bonchev–Trinajstić information content (AvgIpc) is 2.75. The summed E-state index contributed by atoms with van der Waals surface area (Å²) in [4.78, 5) is 35.2. The van der Waals surface area contributed by atoms with Gasteiger partial charge in [-0.05, 0) is 25.8 Å². The number of aromatic nitrogens is 2. The normalized spacial score (nSPS) is 11.2. The van der Waals surface area contributed by atoms with E-state index in [2.05, 4.69) is 5.32 Å². The second kappa shape index (κ2) is 6.86. The van der Waals surface area contributed by atoms with Gasteiger partial charge in [-0.15, -0.1) is 0 Å². The maximum atomic E-state index is 12.4. The predicted molar refractivity (Wildman–Crippen MR) is 92.3 cm³/mol. The third kappa shape index (κ3) is 3.17. The molecule has 1 N–H and O–H groups in total. The highest BCUT2D eigenvalue weighted by atomic mass is 16.6. The molecule has 0 aliphatic carbocycles. The molecule has 0 saturated heterocycles. The minimum atomic E-state index is -0.543. The van der Waals surface area contributed by atoms with E-state index < -0.39 is 4.92 Å². The molecule has 0 unspecified atom stereocenters. The number of nitrogens with one attached hydrogen (secondary N) is 1. The quantitative estimate of drug-likeness (QED) is 0.648. The van der Waals surface area contributed by atoms with Crippen LogP contribution in [0.2, 0.25) is 0 Å². The highest BCUT2D eigenvalue weighted by Crippen LogP contribution is 2.30. The zero-order chi connectivity index (χ0) is 18.0. The Labute approximate surface area is 139 Å². The van der Waals surface area contributed by atoms with Gasteiger partial charge in [-0.2, -0.15) is 0 Å². The number of anilines is 1. The predicted octanol–water partition coefficient (Wildman–Crippen LogP) is 2.74. The smallest absolute Gasteiger partial charge is 0.320 e. The highest BCUT2D eigenvalue weighted by molar-refractivity contribution is 5.96. The zero-order valence-corrected chi connectivity index (χ0v) is 14.3. The van der Waals surface area contributed by atoms with Gasteiger partial charge in [0, 0.05) is 25.6 Å². The van der Waals surface area contributed by atoms with Crippen molar-refractivity contribution in [1.82, 2.24) is 9.13 Å². The zero-order valence-electron chi connectivity index (χ0n) is 14.3. The maximum Gasteiger partial charge on any atom is 0.329 e. The number of hydrogen-bond acceptors (Lipinski definition) is 4. The Morgan fingerprint density at radius 1 is 1.21 bits per heavy atom. The number of carbonyl (C=O) groups is 1. The summed E-state index contributed by atoms with van der Waals surface area (Å²) in [5.41, 5.74) is 0.770. The molecule has 0 fully saturated rings. The summed E-state index contributed by atoms with van der Waals surface area (Å²) in [7, 11) is 0. The van der Waals surface area contributed by atoms with Crippen LogP contribution in [0.4, 0.5) is 11.4 Å². The van der Waals surface area contributed by atoms with Crippen molar-refractivity contribution in [2.45, 2.75) is 47.2 Å². The van der Waals surface area contributed by atoms with E-state index in [0.29, 0.717) is 24.1 Å². The van der Waals surface area contributed by atoms with Crippen molar-refractivity contribution in [2.75, 3.05) is 5.32 Å². The number of nitrogens with zero attached hydrogens (tertiary/aromatic N) is 3. The number of fused-ring (bicyclic) bond motifs is 1. The number of rotatable bonds is 6. The molecule has 2 rings (SSSR count). The van der Waals surface area contributed by atoms with E-state index in [9.17, 15) is 19.7 Å². The Morgan fingerprint density at radius 2 is 1.75 bits per heavy atom. The van der Waals surface area contributed by atoms with Crippen molar-refractivity contribution < 1.29 is 9.72 Å². The number of nitro benzene ring substituents is 1. The van der Waals surface area contributed by atoms with Gasteiger partial charge in [0.2, 0.25) is 5.91 Å². The summed E-state index contributed by atoms with van der Waals surface area (Å²) in [5, 5.41) is 14.0. The molecular formula is C16H22N4O4. The number of amides is 1. The SMILES string of the molecule is CCn1c(=O)n(CC)c2cc([N+](=O)[O-])c(NC(=O)CC(C)C)cc21. The summed E-state index contributed by atoms with van der Waals surface area (Å²) in [5.74, 6) is -0.143. The summed E-state index contributed by atoms with van der Waals surface area (Å²) < 4.78 is 3.03.